The average Bonchev–Trinajstić information content (AvgIpc) is 2.87. The number of nitro benzene ring substituents is 1. The van der Waals surface area contributed by atoms with Crippen LogP contribution in [0.1, 0.15) is 39.2 Å². The van der Waals surface area contributed by atoms with Crippen LogP contribution in [0.3, 0.4) is 0 Å². The molecule has 1 aromatic rings. The second kappa shape index (κ2) is 15.2. The van der Waals surface area contributed by atoms with Crippen LogP contribution < -0.4 is 5.32 Å². The SMILES string of the molecule is C=CCN1CCN(CC(C)(C)COC(=O)C2=C(C)NC(C)=C(C(=O)OC)C2c2cccc([N+](=O)[O-])c2)CC1.Cl.Cl. The van der Waals surface area contributed by atoms with Crippen LogP contribution in [0.2, 0.25) is 0 Å². The number of dihydropyridines is 1. The molecule has 40 heavy (non-hydrogen) atoms. The summed E-state index contributed by atoms with van der Waals surface area (Å²) in [6.45, 7) is 17.0. The Bertz CT molecular complexity index is 1160. The lowest BCUT2D eigenvalue weighted by molar-refractivity contribution is -0.384. The summed E-state index contributed by atoms with van der Waals surface area (Å²) >= 11 is 0. The van der Waals surface area contributed by atoms with Crippen LogP contribution in [0.25, 0.3) is 0 Å². The highest BCUT2D eigenvalue weighted by atomic mass is 35.5. The molecule has 3 rings (SSSR count). The maximum absolute atomic E-state index is 13.6. The van der Waals surface area contributed by atoms with Gasteiger partial charge in [-0.25, -0.2) is 9.59 Å². The molecule has 0 amide bonds. The Morgan fingerprint density at radius 3 is 2.23 bits per heavy atom. The standard InChI is InChI=1S/C28H38N4O6.2ClH/c1-7-11-30-12-14-31(15-13-30)17-28(4,5)18-38-27(34)24-20(3)29-19(2)23(26(33)37-6)25(24)21-9-8-10-22(16-21)32(35)36;;/h7-10,16,25,29H,1,11-15,17-18H2,2-6H3;2*1H. The zero-order valence-corrected chi connectivity index (χ0v) is 25.4. The quantitative estimate of drug-likeness (QED) is 0.183. The van der Waals surface area contributed by atoms with Gasteiger partial charge in [0.2, 0.25) is 0 Å². The fraction of sp³-hybridized carbons (Fsp3) is 0.500. The minimum absolute atomic E-state index is 0. The number of piperazine rings is 1. The van der Waals surface area contributed by atoms with E-state index in [0.717, 1.165) is 39.3 Å². The second-order valence-corrected chi connectivity index (χ2v) is 10.6. The van der Waals surface area contributed by atoms with Crippen LogP contribution in [0.5, 0.6) is 0 Å². The molecule has 2 heterocycles. The van der Waals surface area contributed by atoms with E-state index in [1.807, 2.05) is 6.08 Å². The summed E-state index contributed by atoms with van der Waals surface area (Å²) in [5.41, 5.74) is 1.45. The van der Waals surface area contributed by atoms with Crippen LogP contribution in [-0.4, -0.2) is 79.6 Å². The molecule has 1 N–H and O–H groups in total. The first-order chi connectivity index (χ1) is 18.0. The van der Waals surface area contributed by atoms with Crippen LogP contribution in [0.15, 0.2) is 59.5 Å². The molecular formula is C28H40Cl2N4O6. The van der Waals surface area contributed by atoms with E-state index in [-0.39, 0.29) is 53.7 Å². The van der Waals surface area contributed by atoms with Crippen molar-refractivity contribution in [1.29, 1.82) is 0 Å². The van der Waals surface area contributed by atoms with Crippen molar-refractivity contribution >= 4 is 42.4 Å². The maximum atomic E-state index is 13.6. The number of allylic oxidation sites excluding steroid dienone is 2. The molecule has 2 aliphatic rings. The van der Waals surface area contributed by atoms with Gasteiger partial charge >= 0.3 is 11.9 Å². The summed E-state index contributed by atoms with van der Waals surface area (Å²) in [6, 6.07) is 5.95. The Balaban J connectivity index is 0.00000400. The van der Waals surface area contributed by atoms with E-state index in [2.05, 4.69) is 35.5 Å². The van der Waals surface area contributed by atoms with Gasteiger partial charge in [-0.2, -0.15) is 0 Å². The highest BCUT2D eigenvalue weighted by Crippen LogP contribution is 2.40. The van der Waals surface area contributed by atoms with Crippen molar-refractivity contribution in [2.75, 3.05) is 53.0 Å². The number of methoxy groups -OCH3 is 1. The third kappa shape index (κ3) is 8.54. The van der Waals surface area contributed by atoms with Gasteiger partial charge in [0.15, 0.2) is 0 Å². The number of nitrogens with one attached hydrogen (secondary N) is 1. The zero-order valence-electron chi connectivity index (χ0n) is 23.7. The molecule has 1 saturated heterocycles. The molecule has 1 fully saturated rings. The van der Waals surface area contributed by atoms with E-state index in [9.17, 15) is 19.7 Å². The fourth-order valence-electron chi connectivity index (χ4n) is 5.10. The minimum Gasteiger partial charge on any atom is -0.466 e. The Morgan fingerprint density at radius 1 is 1.10 bits per heavy atom. The summed E-state index contributed by atoms with van der Waals surface area (Å²) < 4.78 is 10.9. The first-order valence-electron chi connectivity index (χ1n) is 12.7. The maximum Gasteiger partial charge on any atom is 0.336 e. The number of carbonyl (C=O) groups excluding carboxylic acids is 2. The van der Waals surface area contributed by atoms with Gasteiger partial charge < -0.3 is 19.7 Å². The molecule has 0 bridgehead atoms. The number of nitrogens with zero attached hydrogens (tertiary/aromatic N) is 3. The molecule has 2 aliphatic heterocycles. The molecule has 1 atom stereocenters. The minimum atomic E-state index is -0.878. The molecule has 1 aromatic carbocycles. The van der Waals surface area contributed by atoms with Gasteiger partial charge in [0, 0.05) is 68.2 Å². The van der Waals surface area contributed by atoms with Gasteiger partial charge in [-0.15, -0.1) is 31.4 Å². The van der Waals surface area contributed by atoms with E-state index < -0.39 is 22.8 Å². The Morgan fingerprint density at radius 2 is 1.68 bits per heavy atom. The van der Waals surface area contributed by atoms with Gasteiger partial charge in [0.1, 0.15) is 0 Å². The zero-order chi connectivity index (χ0) is 28.0. The molecule has 222 valence electrons. The van der Waals surface area contributed by atoms with Gasteiger partial charge in [-0.05, 0) is 19.4 Å². The Labute approximate surface area is 248 Å². The lowest BCUT2D eigenvalue weighted by atomic mass is 9.80. The van der Waals surface area contributed by atoms with Crippen molar-refractivity contribution < 1.29 is 24.0 Å². The van der Waals surface area contributed by atoms with Gasteiger partial charge in [-0.3, -0.25) is 15.0 Å². The summed E-state index contributed by atoms with van der Waals surface area (Å²) in [7, 11) is 1.26. The molecule has 0 spiro atoms. The van der Waals surface area contributed by atoms with Gasteiger partial charge in [-0.1, -0.05) is 32.1 Å². The predicted octanol–water partition coefficient (Wildman–Crippen LogP) is 4.22. The lowest BCUT2D eigenvalue weighted by Crippen LogP contribution is -2.49. The van der Waals surface area contributed by atoms with Crippen LogP contribution in [0.4, 0.5) is 5.69 Å². The largest absolute Gasteiger partial charge is 0.466 e. The van der Waals surface area contributed by atoms with Gasteiger partial charge in [0.05, 0.1) is 35.7 Å². The van der Waals surface area contributed by atoms with Crippen molar-refractivity contribution in [2.24, 2.45) is 5.41 Å². The molecule has 10 nitrogen and oxygen atoms in total. The summed E-state index contributed by atoms with van der Waals surface area (Å²) in [6.07, 6.45) is 1.92. The summed E-state index contributed by atoms with van der Waals surface area (Å²) in [5.74, 6) is -2.08. The number of hydrogen-bond donors (Lipinski definition) is 1. The first-order valence-corrected chi connectivity index (χ1v) is 12.7. The van der Waals surface area contributed by atoms with Crippen molar-refractivity contribution in [2.45, 2.75) is 33.6 Å². The fourth-order valence-corrected chi connectivity index (χ4v) is 5.10. The van der Waals surface area contributed by atoms with Crippen LogP contribution in [0, 0.1) is 15.5 Å². The van der Waals surface area contributed by atoms with Crippen LogP contribution >= 0.6 is 24.8 Å². The molecule has 0 saturated carbocycles. The first kappa shape index (κ1) is 35.1. The van der Waals surface area contributed by atoms with E-state index >= 15 is 0 Å². The predicted molar refractivity (Wildman–Crippen MR) is 159 cm³/mol. The smallest absolute Gasteiger partial charge is 0.336 e. The second-order valence-electron chi connectivity index (χ2n) is 10.6. The van der Waals surface area contributed by atoms with Crippen LogP contribution in [-0.2, 0) is 19.1 Å². The highest BCUT2D eigenvalue weighted by Gasteiger charge is 2.39. The number of benzene rings is 1. The molecule has 0 aliphatic carbocycles. The number of ether oxygens (including phenoxy) is 2. The number of rotatable bonds is 10. The van der Waals surface area contributed by atoms with E-state index in [1.54, 1.807) is 19.9 Å². The molecular weight excluding hydrogens is 559 g/mol. The average molecular weight is 600 g/mol. The third-order valence-corrected chi connectivity index (χ3v) is 6.90. The number of non-ortho nitro benzene ring substituents is 1. The monoisotopic (exact) mass is 598 g/mol. The molecule has 12 heteroatoms. The number of carbonyl (C=O) groups is 2. The van der Waals surface area contributed by atoms with Gasteiger partial charge in [0.25, 0.3) is 5.69 Å². The number of hydrogen-bond acceptors (Lipinski definition) is 9. The molecule has 0 radical (unpaired) electrons. The number of esters is 2. The van der Waals surface area contributed by atoms with E-state index in [1.165, 1.54) is 25.3 Å². The third-order valence-electron chi connectivity index (χ3n) is 6.90. The molecule has 1 unspecified atom stereocenters. The number of nitro groups is 1. The highest BCUT2D eigenvalue weighted by molar-refractivity contribution is 5.99. The van der Waals surface area contributed by atoms with Crippen molar-refractivity contribution in [1.82, 2.24) is 15.1 Å². The van der Waals surface area contributed by atoms with E-state index in [4.69, 9.17) is 9.47 Å². The number of halogens is 2. The van der Waals surface area contributed by atoms with Crippen molar-refractivity contribution in [3.8, 4) is 0 Å². The Kier molecular flexibility index (Phi) is 13.3. The topological polar surface area (TPSA) is 114 Å². The van der Waals surface area contributed by atoms with E-state index in [0.29, 0.717) is 17.0 Å². The normalized spacial score (nSPS) is 18.2. The summed E-state index contributed by atoms with van der Waals surface area (Å²) in [5, 5.41) is 14.5. The summed E-state index contributed by atoms with van der Waals surface area (Å²) in [4.78, 5) is 42.1. The lowest BCUT2D eigenvalue weighted by Gasteiger charge is -2.38. The Hall–Kier alpha value is -2.92. The van der Waals surface area contributed by atoms with Crippen molar-refractivity contribution in [3.63, 3.8) is 0 Å². The van der Waals surface area contributed by atoms with Crippen molar-refractivity contribution in [3.05, 3.63) is 75.1 Å². The molecule has 0 aromatic heterocycles.